The van der Waals surface area contributed by atoms with Gasteiger partial charge in [-0.3, -0.25) is 0 Å². The topological polar surface area (TPSA) is 62.1 Å². The van der Waals surface area contributed by atoms with Gasteiger partial charge in [0.05, 0.1) is 0 Å². The maximum Gasteiger partial charge on any atom is 0.255 e. The van der Waals surface area contributed by atoms with Gasteiger partial charge in [-0.05, 0) is 0 Å². The number of hydrogen-bond acceptors (Lipinski definition) is 4. The summed E-state index contributed by atoms with van der Waals surface area (Å²) in [6.45, 7) is 0. The molecule has 0 aromatic heterocycles. The monoisotopic (exact) mass is 77.0 g/mol. The maximum absolute atomic E-state index is 7.35. The summed E-state index contributed by atoms with van der Waals surface area (Å²) in [5.74, 6) is 0. The van der Waals surface area contributed by atoms with Gasteiger partial charge in [0.2, 0.25) is 0 Å². The van der Waals surface area contributed by atoms with Gasteiger partial charge >= 0.3 is 0 Å². The fourth-order valence-electron chi connectivity index (χ4n) is 0.0211. The Balaban J connectivity index is 2.62. The van der Waals surface area contributed by atoms with Crippen LogP contribution in [-0.2, 0) is 4.89 Å². The highest BCUT2D eigenvalue weighted by Crippen LogP contribution is 1.47. The fourth-order valence-corrected chi connectivity index (χ4v) is 0.0211. The van der Waals surface area contributed by atoms with Gasteiger partial charge in [-0.1, -0.05) is 5.16 Å². The molecule has 0 heterocycles. The SMILES string of the molecule is O/N=C/OO. The van der Waals surface area contributed by atoms with Crippen molar-refractivity contribution in [1.29, 1.82) is 0 Å². The highest BCUT2D eigenvalue weighted by molar-refractivity contribution is 5.43. The van der Waals surface area contributed by atoms with E-state index in [-0.39, 0.29) is 0 Å². The van der Waals surface area contributed by atoms with E-state index in [0.29, 0.717) is 6.40 Å². The lowest BCUT2D eigenvalue weighted by molar-refractivity contribution is -0.149. The van der Waals surface area contributed by atoms with Crippen molar-refractivity contribution >= 4 is 6.40 Å². The van der Waals surface area contributed by atoms with Crippen molar-refractivity contribution in [2.24, 2.45) is 5.16 Å². The summed E-state index contributed by atoms with van der Waals surface area (Å²) >= 11 is 0. The number of rotatable bonds is 1. The standard InChI is InChI=1S/CH3NO3/c3-2-1-5-4/h1,3-4H/b2-1+. The molecule has 0 radical (unpaired) electrons. The zero-order chi connectivity index (χ0) is 4.12. The highest BCUT2D eigenvalue weighted by atomic mass is 17.1. The molecule has 0 aliphatic carbocycles. The number of nitrogens with zero attached hydrogens (tertiary/aromatic N) is 1. The first kappa shape index (κ1) is 4.23. The molecule has 0 atom stereocenters. The molecular weight excluding hydrogens is 74.0 g/mol. The van der Waals surface area contributed by atoms with Crippen LogP contribution >= 0.6 is 0 Å². The van der Waals surface area contributed by atoms with E-state index in [2.05, 4.69) is 10.0 Å². The molecule has 0 fully saturated rings. The smallest absolute Gasteiger partial charge is 0.255 e. The van der Waals surface area contributed by atoms with Gasteiger partial charge in [0.15, 0.2) is 0 Å². The van der Waals surface area contributed by atoms with Gasteiger partial charge in [-0.15, -0.1) is 0 Å². The molecule has 0 aromatic rings. The van der Waals surface area contributed by atoms with Crippen molar-refractivity contribution < 1.29 is 15.4 Å². The first-order valence-electron chi connectivity index (χ1n) is 0.876. The van der Waals surface area contributed by atoms with Crippen LogP contribution in [0.1, 0.15) is 0 Å². The second-order valence-electron chi connectivity index (χ2n) is 0.326. The lowest BCUT2D eigenvalue weighted by Gasteiger charge is -1.71. The van der Waals surface area contributed by atoms with Crippen LogP contribution in [0.15, 0.2) is 5.16 Å². The van der Waals surface area contributed by atoms with E-state index >= 15 is 0 Å². The molecule has 0 amide bonds. The van der Waals surface area contributed by atoms with E-state index in [4.69, 9.17) is 10.5 Å². The molecule has 0 rings (SSSR count). The van der Waals surface area contributed by atoms with Crippen LogP contribution in [0.5, 0.6) is 0 Å². The lowest BCUT2D eigenvalue weighted by Crippen LogP contribution is -1.73. The van der Waals surface area contributed by atoms with E-state index < -0.39 is 0 Å². The van der Waals surface area contributed by atoms with Crippen molar-refractivity contribution in [3.8, 4) is 0 Å². The van der Waals surface area contributed by atoms with Crippen LogP contribution in [0, 0.1) is 0 Å². The van der Waals surface area contributed by atoms with Crippen LogP contribution in [0.25, 0.3) is 0 Å². The van der Waals surface area contributed by atoms with Gasteiger partial charge in [0, 0.05) is 0 Å². The average Bonchev–Trinajstić information content (AvgIpc) is 1.41. The summed E-state index contributed by atoms with van der Waals surface area (Å²) in [6, 6.07) is 0. The number of oxime groups is 1. The molecule has 5 heavy (non-hydrogen) atoms. The minimum absolute atomic E-state index is 0.486. The largest absolute Gasteiger partial charge is 0.408 e. The molecule has 0 aliphatic rings. The van der Waals surface area contributed by atoms with Gasteiger partial charge in [0.1, 0.15) is 0 Å². The van der Waals surface area contributed by atoms with Gasteiger partial charge in [0.25, 0.3) is 6.40 Å². The molecular formula is CH3NO3. The summed E-state index contributed by atoms with van der Waals surface area (Å²) in [4.78, 5) is 3.15. The minimum atomic E-state index is 0.486. The van der Waals surface area contributed by atoms with Crippen LogP contribution < -0.4 is 0 Å². The summed E-state index contributed by atoms with van der Waals surface area (Å²) in [7, 11) is 0. The zero-order valence-corrected chi connectivity index (χ0v) is 2.33. The van der Waals surface area contributed by atoms with Gasteiger partial charge in [-0.25, -0.2) is 5.26 Å². The molecule has 4 heteroatoms. The predicted molar refractivity (Wildman–Crippen MR) is 14.0 cm³/mol. The van der Waals surface area contributed by atoms with Crippen LogP contribution in [-0.4, -0.2) is 16.9 Å². The third-order valence-corrected chi connectivity index (χ3v) is 0.0943. The Bertz CT molecular complexity index is 33.9. The molecule has 0 aromatic carbocycles. The van der Waals surface area contributed by atoms with E-state index in [1.165, 1.54) is 0 Å². The van der Waals surface area contributed by atoms with Crippen molar-refractivity contribution in [2.45, 2.75) is 0 Å². The summed E-state index contributed by atoms with van der Waals surface area (Å²) in [6.07, 6.45) is 0.486. The van der Waals surface area contributed by atoms with Crippen LogP contribution in [0.2, 0.25) is 0 Å². The average molecular weight is 77.0 g/mol. The molecule has 0 aliphatic heterocycles. The Morgan fingerprint density at radius 3 is 2.40 bits per heavy atom. The zero-order valence-electron chi connectivity index (χ0n) is 2.33. The number of hydrogen-bond donors (Lipinski definition) is 2. The third kappa shape index (κ3) is 3.23. The van der Waals surface area contributed by atoms with Crippen molar-refractivity contribution in [1.82, 2.24) is 0 Å². The first-order chi connectivity index (χ1) is 2.41. The van der Waals surface area contributed by atoms with Crippen LogP contribution in [0.4, 0.5) is 0 Å². The Kier molecular flexibility index (Phi) is 2.73. The second-order valence-corrected chi connectivity index (χ2v) is 0.326. The summed E-state index contributed by atoms with van der Waals surface area (Å²) in [5, 5.41) is 16.9. The van der Waals surface area contributed by atoms with E-state index in [1.54, 1.807) is 0 Å². The molecule has 0 saturated carbocycles. The van der Waals surface area contributed by atoms with Crippen LogP contribution in [0.3, 0.4) is 0 Å². The Morgan fingerprint density at radius 1 is 1.80 bits per heavy atom. The molecule has 4 nitrogen and oxygen atoms in total. The quantitative estimate of drug-likeness (QED) is 0.151. The van der Waals surface area contributed by atoms with E-state index in [1.807, 2.05) is 0 Å². The predicted octanol–water partition coefficient (Wildman–Crippen LogP) is -0.107. The Morgan fingerprint density at radius 2 is 2.40 bits per heavy atom. The second kappa shape index (κ2) is 3.23. The lowest BCUT2D eigenvalue weighted by atomic mass is 11.6. The maximum atomic E-state index is 7.35. The van der Waals surface area contributed by atoms with E-state index in [0.717, 1.165) is 0 Å². The molecule has 0 bridgehead atoms. The fraction of sp³-hybridized carbons (Fsp3) is 0. The summed E-state index contributed by atoms with van der Waals surface area (Å²) in [5.41, 5.74) is 0. The molecule has 0 spiro atoms. The molecule has 0 saturated heterocycles. The minimum Gasteiger partial charge on any atom is -0.408 e. The van der Waals surface area contributed by atoms with Crippen molar-refractivity contribution in [2.75, 3.05) is 0 Å². The third-order valence-electron chi connectivity index (χ3n) is 0.0943. The van der Waals surface area contributed by atoms with Crippen molar-refractivity contribution in [3.05, 3.63) is 0 Å². The highest BCUT2D eigenvalue weighted by Gasteiger charge is 1.52. The molecule has 30 valence electrons. The van der Waals surface area contributed by atoms with Gasteiger partial charge in [-0.2, -0.15) is 0 Å². The normalized spacial score (nSPS) is 9.00. The molecule has 2 N–H and O–H groups in total. The Labute approximate surface area is 28.2 Å². The first-order valence-corrected chi connectivity index (χ1v) is 0.876. The van der Waals surface area contributed by atoms with Crippen molar-refractivity contribution in [3.63, 3.8) is 0 Å². The summed E-state index contributed by atoms with van der Waals surface area (Å²) < 4.78 is 0. The Hall–Kier alpha value is -0.770. The van der Waals surface area contributed by atoms with Gasteiger partial charge < -0.3 is 10.1 Å². The molecule has 0 unspecified atom stereocenters. The van der Waals surface area contributed by atoms with E-state index in [9.17, 15) is 0 Å².